The molecule has 8 heteroatoms. The Labute approximate surface area is 166 Å². The lowest BCUT2D eigenvalue weighted by atomic mass is 10.2. The Bertz CT molecular complexity index is 783. The van der Waals surface area contributed by atoms with Gasteiger partial charge in [0.25, 0.3) is 0 Å². The Kier molecular flexibility index (Phi) is 7.85. The molecule has 0 unspecified atom stereocenters. The zero-order valence-electron chi connectivity index (χ0n) is 14.0. The van der Waals surface area contributed by atoms with Crippen LogP contribution >= 0.6 is 34.8 Å². The first-order chi connectivity index (χ1) is 12.4. The monoisotopic (exact) mass is 417 g/mol. The number of halogens is 3. The van der Waals surface area contributed by atoms with Crippen LogP contribution in [0.5, 0.6) is 11.5 Å². The largest absolute Gasteiger partial charge is 0.490 e. The molecular weight excluding hydrogens is 401 g/mol. The van der Waals surface area contributed by atoms with E-state index < -0.39 is 5.97 Å². The summed E-state index contributed by atoms with van der Waals surface area (Å²) in [6, 6.07) is 8.65. The maximum atomic E-state index is 10.6. The van der Waals surface area contributed by atoms with Crippen molar-refractivity contribution in [2.24, 2.45) is 0 Å². The number of carbonyl (C=O) groups is 1. The summed E-state index contributed by atoms with van der Waals surface area (Å²) in [5, 5.41) is 12.9. The molecule has 0 amide bonds. The van der Waals surface area contributed by atoms with Gasteiger partial charge in [-0.25, -0.2) is 0 Å². The molecule has 0 radical (unpaired) electrons. The fourth-order valence-electron chi connectivity index (χ4n) is 2.19. The van der Waals surface area contributed by atoms with E-state index in [9.17, 15) is 4.79 Å². The predicted molar refractivity (Wildman–Crippen MR) is 103 cm³/mol. The minimum absolute atomic E-state index is 0.157. The van der Waals surface area contributed by atoms with Crippen LogP contribution in [0.3, 0.4) is 0 Å². The van der Waals surface area contributed by atoms with Gasteiger partial charge in [0.05, 0.1) is 23.2 Å². The summed E-state index contributed by atoms with van der Waals surface area (Å²) in [6.07, 6.45) is 0. The van der Waals surface area contributed by atoms with Gasteiger partial charge in [0, 0.05) is 17.6 Å². The molecule has 0 bridgehead atoms. The SMILES string of the molecule is CCOc1cc(CNCC(=O)O)c(Cl)cc1OCc1ccc(Cl)c(Cl)c1. The molecule has 0 aliphatic heterocycles. The van der Waals surface area contributed by atoms with Crippen LogP contribution in [0.1, 0.15) is 18.1 Å². The Morgan fingerprint density at radius 2 is 1.77 bits per heavy atom. The second-order valence-electron chi connectivity index (χ2n) is 5.36. The molecule has 0 heterocycles. The van der Waals surface area contributed by atoms with Gasteiger partial charge in [-0.05, 0) is 36.2 Å². The number of hydrogen-bond acceptors (Lipinski definition) is 4. The number of ether oxygens (including phenoxy) is 2. The van der Waals surface area contributed by atoms with Crippen LogP contribution in [0, 0.1) is 0 Å². The van der Waals surface area contributed by atoms with Gasteiger partial charge in [-0.2, -0.15) is 0 Å². The van der Waals surface area contributed by atoms with Crippen molar-refractivity contribution in [2.45, 2.75) is 20.1 Å². The minimum Gasteiger partial charge on any atom is -0.490 e. The highest BCUT2D eigenvalue weighted by atomic mass is 35.5. The molecule has 0 spiro atoms. The number of carboxylic acids is 1. The van der Waals surface area contributed by atoms with E-state index in [0.717, 1.165) is 11.1 Å². The quantitative estimate of drug-likeness (QED) is 0.612. The highest BCUT2D eigenvalue weighted by molar-refractivity contribution is 6.42. The van der Waals surface area contributed by atoms with Crippen LogP contribution in [0.2, 0.25) is 15.1 Å². The number of carboxylic acid groups (broad SMARTS) is 1. The first kappa shape index (κ1) is 20.6. The Hall–Kier alpha value is -1.66. The number of nitrogens with one attached hydrogen (secondary N) is 1. The molecule has 0 saturated carbocycles. The molecule has 5 nitrogen and oxygen atoms in total. The fourth-order valence-corrected chi connectivity index (χ4v) is 2.73. The van der Waals surface area contributed by atoms with Crippen LogP contribution in [0.25, 0.3) is 0 Å². The van der Waals surface area contributed by atoms with E-state index in [2.05, 4.69) is 5.32 Å². The van der Waals surface area contributed by atoms with Crippen molar-refractivity contribution < 1.29 is 19.4 Å². The average Bonchev–Trinajstić information content (AvgIpc) is 2.59. The number of aliphatic carboxylic acids is 1. The van der Waals surface area contributed by atoms with Gasteiger partial charge in [-0.15, -0.1) is 0 Å². The maximum Gasteiger partial charge on any atom is 0.317 e. The van der Waals surface area contributed by atoms with Crippen molar-refractivity contribution in [2.75, 3.05) is 13.2 Å². The third-order valence-corrected chi connectivity index (χ3v) is 4.47. The van der Waals surface area contributed by atoms with E-state index in [1.807, 2.05) is 13.0 Å². The van der Waals surface area contributed by atoms with Gasteiger partial charge in [-0.3, -0.25) is 4.79 Å². The molecule has 2 aromatic carbocycles. The van der Waals surface area contributed by atoms with Crippen molar-refractivity contribution in [1.82, 2.24) is 5.32 Å². The van der Waals surface area contributed by atoms with Crippen molar-refractivity contribution >= 4 is 40.8 Å². The second kappa shape index (κ2) is 9.88. The summed E-state index contributed by atoms with van der Waals surface area (Å²) in [7, 11) is 0. The molecule has 0 atom stereocenters. The number of hydrogen-bond donors (Lipinski definition) is 2. The smallest absolute Gasteiger partial charge is 0.317 e. The zero-order valence-corrected chi connectivity index (χ0v) is 16.3. The molecule has 140 valence electrons. The van der Waals surface area contributed by atoms with Crippen LogP contribution < -0.4 is 14.8 Å². The van der Waals surface area contributed by atoms with Crippen LogP contribution in [0.4, 0.5) is 0 Å². The molecule has 0 aliphatic rings. The van der Waals surface area contributed by atoms with Crippen LogP contribution in [-0.2, 0) is 17.9 Å². The zero-order chi connectivity index (χ0) is 19.1. The van der Waals surface area contributed by atoms with E-state index in [0.29, 0.717) is 39.7 Å². The van der Waals surface area contributed by atoms with Crippen molar-refractivity contribution in [1.29, 1.82) is 0 Å². The number of rotatable bonds is 9. The van der Waals surface area contributed by atoms with Gasteiger partial charge in [0.15, 0.2) is 11.5 Å². The van der Waals surface area contributed by atoms with E-state index in [1.54, 1.807) is 24.3 Å². The topological polar surface area (TPSA) is 67.8 Å². The van der Waals surface area contributed by atoms with E-state index in [4.69, 9.17) is 49.4 Å². The molecule has 26 heavy (non-hydrogen) atoms. The molecule has 0 saturated heterocycles. The number of benzene rings is 2. The second-order valence-corrected chi connectivity index (χ2v) is 6.58. The van der Waals surface area contributed by atoms with Crippen molar-refractivity contribution in [3.63, 3.8) is 0 Å². The highest BCUT2D eigenvalue weighted by Gasteiger charge is 2.12. The van der Waals surface area contributed by atoms with E-state index in [-0.39, 0.29) is 13.2 Å². The molecule has 2 rings (SSSR count). The predicted octanol–water partition coefficient (Wildman–Crippen LogP) is 4.80. The van der Waals surface area contributed by atoms with E-state index >= 15 is 0 Å². The summed E-state index contributed by atoms with van der Waals surface area (Å²) in [5.74, 6) is 0.0849. The molecule has 0 aliphatic carbocycles. The summed E-state index contributed by atoms with van der Waals surface area (Å²) in [5.41, 5.74) is 1.57. The molecule has 2 aromatic rings. The lowest BCUT2D eigenvalue weighted by Gasteiger charge is -2.15. The lowest BCUT2D eigenvalue weighted by molar-refractivity contribution is -0.135. The van der Waals surface area contributed by atoms with Crippen LogP contribution in [0.15, 0.2) is 30.3 Å². The first-order valence-electron chi connectivity index (χ1n) is 7.85. The van der Waals surface area contributed by atoms with Gasteiger partial charge in [0.2, 0.25) is 0 Å². The summed E-state index contributed by atoms with van der Waals surface area (Å²) >= 11 is 18.2. The van der Waals surface area contributed by atoms with Crippen LogP contribution in [-0.4, -0.2) is 24.2 Å². The highest BCUT2D eigenvalue weighted by Crippen LogP contribution is 2.34. The van der Waals surface area contributed by atoms with Crippen molar-refractivity contribution in [3.05, 3.63) is 56.5 Å². The maximum absolute atomic E-state index is 10.6. The normalized spacial score (nSPS) is 10.6. The first-order valence-corrected chi connectivity index (χ1v) is 8.98. The minimum atomic E-state index is -0.937. The Balaban J connectivity index is 2.14. The fraction of sp³-hybridized carbons (Fsp3) is 0.278. The Morgan fingerprint density at radius 3 is 2.42 bits per heavy atom. The standard InChI is InChI=1S/C18H18Cl3NO4/c1-2-25-16-6-12(8-22-9-18(23)24)14(20)7-17(16)26-10-11-3-4-13(19)15(21)5-11/h3-7,22H,2,8-10H2,1H3,(H,23,24). The van der Waals surface area contributed by atoms with Gasteiger partial charge < -0.3 is 19.9 Å². The third kappa shape index (κ3) is 5.95. The van der Waals surface area contributed by atoms with E-state index in [1.165, 1.54) is 0 Å². The Morgan fingerprint density at radius 1 is 1.04 bits per heavy atom. The summed E-state index contributed by atoms with van der Waals surface area (Å²) in [6.45, 7) is 2.73. The van der Waals surface area contributed by atoms with Gasteiger partial charge >= 0.3 is 5.97 Å². The molecule has 0 aromatic heterocycles. The average molecular weight is 419 g/mol. The lowest BCUT2D eigenvalue weighted by Crippen LogP contribution is -2.22. The van der Waals surface area contributed by atoms with Crippen molar-refractivity contribution in [3.8, 4) is 11.5 Å². The van der Waals surface area contributed by atoms with Gasteiger partial charge in [-0.1, -0.05) is 40.9 Å². The summed E-state index contributed by atoms with van der Waals surface area (Å²) < 4.78 is 11.4. The molecule has 2 N–H and O–H groups in total. The molecule has 0 fully saturated rings. The summed E-state index contributed by atoms with van der Waals surface area (Å²) in [4.78, 5) is 10.6. The van der Waals surface area contributed by atoms with Gasteiger partial charge in [0.1, 0.15) is 6.61 Å². The molecular formula is C18H18Cl3NO4. The third-order valence-electron chi connectivity index (χ3n) is 3.38.